The van der Waals surface area contributed by atoms with Crippen molar-refractivity contribution in [3.05, 3.63) is 59.7 Å². The van der Waals surface area contributed by atoms with Gasteiger partial charge in [0.25, 0.3) is 11.8 Å². The lowest BCUT2D eigenvalue weighted by Crippen LogP contribution is -2.50. The number of carbonyl (C=O) groups is 5. The Balaban J connectivity index is 1.32. The molecule has 2 aromatic carbocycles. The molecule has 1 saturated heterocycles. The van der Waals surface area contributed by atoms with Gasteiger partial charge in [0.15, 0.2) is 6.61 Å². The predicted molar refractivity (Wildman–Crippen MR) is 117 cm³/mol. The summed E-state index contributed by atoms with van der Waals surface area (Å²) >= 11 is 0. The molecule has 3 N–H and O–H groups in total. The molecule has 10 nitrogen and oxygen atoms in total. The minimum Gasteiger partial charge on any atom is -0.452 e. The van der Waals surface area contributed by atoms with Gasteiger partial charge in [-0.15, -0.1) is 0 Å². The Bertz CT molecular complexity index is 1110. The number of nitrogens with one attached hydrogen (secondary N) is 3. The van der Waals surface area contributed by atoms with Crippen LogP contribution in [0, 0.1) is 0 Å². The average molecular weight is 450 g/mol. The Morgan fingerprint density at radius 1 is 1.00 bits per heavy atom. The van der Waals surface area contributed by atoms with Crippen molar-refractivity contribution in [1.29, 1.82) is 0 Å². The number of amides is 4. The van der Waals surface area contributed by atoms with Gasteiger partial charge in [0, 0.05) is 18.9 Å². The van der Waals surface area contributed by atoms with E-state index in [1.165, 1.54) is 24.3 Å². The normalized spacial score (nSPS) is 15.5. The second kappa shape index (κ2) is 9.51. The zero-order chi connectivity index (χ0) is 23.4. The van der Waals surface area contributed by atoms with Crippen LogP contribution in [0.2, 0.25) is 0 Å². The minimum absolute atomic E-state index is 0.107. The molecule has 33 heavy (non-hydrogen) atoms. The Labute approximate surface area is 189 Å². The second-order valence-corrected chi connectivity index (χ2v) is 7.73. The summed E-state index contributed by atoms with van der Waals surface area (Å²) in [4.78, 5) is 60.4. The highest BCUT2D eigenvalue weighted by molar-refractivity contribution is 6.05. The quantitative estimate of drug-likeness (QED) is 0.548. The summed E-state index contributed by atoms with van der Waals surface area (Å²) in [5.41, 5.74) is 3.71. The monoisotopic (exact) mass is 450 g/mol. The minimum atomic E-state index is -0.731. The van der Waals surface area contributed by atoms with E-state index >= 15 is 0 Å². The number of esters is 1. The van der Waals surface area contributed by atoms with E-state index in [9.17, 15) is 24.0 Å². The van der Waals surface area contributed by atoms with Crippen molar-refractivity contribution in [2.24, 2.45) is 0 Å². The van der Waals surface area contributed by atoms with E-state index in [0.717, 1.165) is 17.9 Å². The highest BCUT2D eigenvalue weighted by Crippen LogP contribution is 2.22. The molecule has 1 saturated carbocycles. The number of hydrogen-bond acceptors (Lipinski definition) is 6. The van der Waals surface area contributed by atoms with Gasteiger partial charge in [-0.05, 0) is 49.2 Å². The zero-order valence-corrected chi connectivity index (χ0v) is 17.6. The lowest BCUT2D eigenvalue weighted by atomic mass is 10.1. The van der Waals surface area contributed by atoms with E-state index in [-0.39, 0.29) is 42.2 Å². The highest BCUT2D eigenvalue weighted by atomic mass is 16.5. The molecular formula is C23H22N4O6. The number of benzene rings is 2. The smallest absolute Gasteiger partial charge is 0.338 e. The van der Waals surface area contributed by atoms with Crippen LogP contribution >= 0.6 is 0 Å². The Morgan fingerprint density at radius 3 is 2.45 bits per heavy atom. The zero-order valence-electron chi connectivity index (χ0n) is 17.6. The van der Waals surface area contributed by atoms with Crippen LogP contribution in [0.3, 0.4) is 0 Å². The summed E-state index contributed by atoms with van der Waals surface area (Å²) in [6.07, 6.45) is 2.13. The first kappa shape index (κ1) is 22.0. The molecule has 2 aromatic rings. The number of rotatable bonds is 7. The molecule has 2 aliphatic rings. The first-order chi connectivity index (χ1) is 15.9. The molecule has 1 aliphatic heterocycles. The van der Waals surface area contributed by atoms with Gasteiger partial charge in [-0.1, -0.05) is 12.1 Å². The Kier molecular flexibility index (Phi) is 6.34. The fraction of sp³-hybridized carbons (Fsp3) is 0.261. The molecule has 0 unspecified atom stereocenters. The first-order valence-corrected chi connectivity index (χ1v) is 10.5. The van der Waals surface area contributed by atoms with Crippen molar-refractivity contribution < 1.29 is 28.7 Å². The third kappa shape index (κ3) is 5.53. The van der Waals surface area contributed by atoms with E-state index in [2.05, 4.69) is 16.1 Å². The number of carbonyl (C=O) groups excluding carboxylic acids is 5. The van der Waals surface area contributed by atoms with Gasteiger partial charge in [0.05, 0.1) is 22.5 Å². The first-order valence-electron chi connectivity index (χ1n) is 10.5. The van der Waals surface area contributed by atoms with Gasteiger partial charge in [0.2, 0.25) is 11.8 Å². The van der Waals surface area contributed by atoms with E-state index < -0.39 is 18.5 Å². The Hall–Kier alpha value is -4.21. The Morgan fingerprint density at radius 2 is 1.73 bits per heavy atom. The van der Waals surface area contributed by atoms with Crippen LogP contribution in [0.15, 0.2) is 48.5 Å². The summed E-state index contributed by atoms with van der Waals surface area (Å²) < 4.78 is 5.06. The molecule has 10 heteroatoms. The molecule has 1 aliphatic carbocycles. The lowest BCUT2D eigenvalue weighted by molar-refractivity contribution is -0.130. The van der Waals surface area contributed by atoms with Crippen LogP contribution in [-0.2, 0) is 19.1 Å². The lowest BCUT2D eigenvalue weighted by Gasteiger charge is -2.27. The van der Waals surface area contributed by atoms with Crippen molar-refractivity contribution in [3.8, 4) is 0 Å². The molecule has 0 atom stereocenters. The van der Waals surface area contributed by atoms with Crippen LogP contribution in [-0.4, -0.2) is 42.2 Å². The summed E-state index contributed by atoms with van der Waals surface area (Å²) in [7, 11) is 0. The standard InChI is InChI=1S/C23H22N4O6/c28-19-11-12-21(30)27(26-19)16-9-5-14(6-10-16)23(32)33-13-20(29)25-18-4-2-1-3-17(18)22(31)24-15-7-8-15/h1-6,9-10,15H,7-8,11-13H2,(H,24,31)(H,25,29)(H,26,28). The van der Waals surface area contributed by atoms with Crippen molar-refractivity contribution in [3.63, 3.8) is 0 Å². The van der Waals surface area contributed by atoms with Crippen LogP contribution in [0.1, 0.15) is 46.4 Å². The van der Waals surface area contributed by atoms with Crippen molar-refractivity contribution in [2.45, 2.75) is 31.7 Å². The van der Waals surface area contributed by atoms with Gasteiger partial charge in [-0.2, -0.15) is 0 Å². The topological polar surface area (TPSA) is 134 Å². The summed E-state index contributed by atoms with van der Waals surface area (Å²) in [6, 6.07) is 12.6. The van der Waals surface area contributed by atoms with Crippen LogP contribution < -0.4 is 21.1 Å². The maximum Gasteiger partial charge on any atom is 0.338 e. The van der Waals surface area contributed by atoms with Crippen molar-refractivity contribution in [1.82, 2.24) is 10.7 Å². The number of anilines is 2. The van der Waals surface area contributed by atoms with E-state index in [4.69, 9.17) is 4.74 Å². The molecule has 1 heterocycles. The van der Waals surface area contributed by atoms with E-state index in [1.807, 2.05) is 0 Å². The number of ether oxygens (including phenoxy) is 1. The molecule has 4 amide bonds. The van der Waals surface area contributed by atoms with Crippen molar-refractivity contribution >= 4 is 41.0 Å². The third-order valence-corrected chi connectivity index (χ3v) is 5.11. The van der Waals surface area contributed by atoms with E-state index in [1.54, 1.807) is 24.3 Å². The maximum atomic E-state index is 12.3. The van der Waals surface area contributed by atoms with Crippen LogP contribution in [0.4, 0.5) is 11.4 Å². The highest BCUT2D eigenvalue weighted by Gasteiger charge is 2.26. The largest absolute Gasteiger partial charge is 0.452 e. The SMILES string of the molecule is O=C(COC(=O)c1ccc(N2NC(=O)CCC2=O)cc1)Nc1ccccc1C(=O)NC1CC1. The number of para-hydroxylation sites is 1. The fourth-order valence-corrected chi connectivity index (χ4v) is 3.21. The third-order valence-electron chi connectivity index (χ3n) is 5.11. The molecule has 4 rings (SSSR count). The van der Waals surface area contributed by atoms with Gasteiger partial charge in [-0.25, -0.2) is 9.80 Å². The molecule has 0 spiro atoms. The molecule has 0 bridgehead atoms. The summed E-state index contributed by atoms with van der Waals surface area (Å²) in [5, 5.41) is 6.59. The van der Waals surface area contributed by atoms with Gasteiger partial charge in [-0.3, -0.25) is 24.6 Å². The van der Waals surface area contributed by atoms with Crippen molar-refractivity contribution in [2.75, 3.05) is 16.9 Å². The second-order valence-electron chi connectivity index (χ2n) is 7.73. The van der Waals surface area contributed by atoms with Gasteiger partial charge in [0.1, 0.15) is 0 Å². The molecule has 2 fully saturated rings. The number of hydrazine groups is 1. The maximum absolute atomic E-state index is 12.3. The molecule has 0 aromatic heterocycles. The molecule has 0 radical (unpaired) electrons. The van der Waals surface area contributed by atoms with Gasteiger partial charge >= 0.3 is 5.97 Å². The van der Waals surface area contributed by atoms with Crippen LogP contribution in [0.5, 0.6) is 0 Å². The fourth-order valence-electron chi connectivity index (χ4n) is 3.21. The number of nitrogens with zero attached hydrogens (tertiary/aromatic N) is 1. The average Bonchev–Trinajstić information content (AvgIpc) is 3.63. The number of hydrogen-bond donors (Lipinski definition) is 3. The summed E-state index contributed by atoms with van der Waals surface area (Å²) in [6.45, 7) is -0.542. The molecule has 170 valence electrons. The van der Waals surface area contributed by atoms with Gasteiger partial charge < -0.3 is 15.4 Å². The molecular weight excluding hydrogens is 428 g/mol. The predicted octanol–water partition coefficient (Wildman–Crippen LogP) is 1.53. The van der Waals surface area contributed by atoms with E-state index in [0.29, 0.717) is 16.9 Å². The summed E-state index contributed by atoms with van der Waals surface area (Å²) in [5.74, 6) is -2.11. The van der Waals surface area contributed by atoms with Crippen LogP contribution in [0.25, 0.3) is 0 Å².